The molecule has 0 aromatic heterocycles. The van der Waals surface area contributed by atoms with Gasteiger partial charge >= 0.3 is 6.03 Å². The van der Waals surface area contributed by atoms with Crippen LogP contribution in [-0.4, -0.2) is 17.8 Å². The molecule has 2 aromatic carbocycles. The topological polar surface area (TPSA) is 79.0 Å². The van der Waals surface area contributed by atoms with Gasteiger partial charge in [0.1, 0.15) is 11.5 Å². The van der Waals surface area contributed by atoms with Gasteiger partial charge in [0.05, 0.1) is 27.2 Å². The standard InChI is InChI=1S/C34H46Cl4N4O2/c1-2-3-4-5-6-7-8-9-10-11-12-13-14-15-16-17-18-25-19-20-27(36)30(21-25)41(34(39)44)31-24-32(43)42(40-31)33-28(37)22-26(35)23-29(33)38/h19-23H,2-18,24H2,1H3,(H2,39,44). The Balaban J connectivity index is 1.44. The Morgan fingerprint density at radius 3 is 1.77 bits per heavy atom. The van der Waals surface area contributed by atoms with Crippen molar-refractivity contribution in [1.82, 2.24) is 0 Å². The number of amidine groups is 1. The zero-order valence-electron chi connectivity index (χ0n) is 25.9. The molecule has 2 aromatic rings. The Bertz CT molecular complexity index is 1250. The highest BCUT2D eigenvalue weighted by Gasteiger charge is 2.34. The number of unbranched alkanes of at least 4 members (excludes halogenated alkanes) is 15. The van der Waals surface area contributed by atoms with E-state index in [-0.39, 0.29) is 28.0 Å². The highest BCUT2D eigenvalue weighted by molar-refractivity contribution is 6.43. The number of primary amides is 1. The van der Waals surface area contributed by atoms with Crippen LogP contribution in [0.4, 0.5) is 16.2 Å². The zero-order valence-corrected chi connectivity index (χ0v) is 28.9. The predicted molar refractivity (Wildman–Crippen MR) is 188 cm³/mol. The first-order valence-corrected chi connectivity index (χ1v) is 17.7. The second-order valence-electron chi connectivity index (χ2n) is 11.6. The largest absolute Gasteiger partial charge is 0.351 e. The van der Waals surface area contributed by atoms with Gasteiger partial charge in [0, 0.05) is 5.02 Å². The number of amides is 3. The number of aryl methyl sites for hydroxylation is 1. The third-order valence-electron chi connectivity index (χ3n) is 8.00. The maximum absolute atomic E-state index is 12.9. The van der Waals surface area contributed by atoms with E-state index in [0.29, 0.717) is 15.7 Å². The van der Waals surface area contributed by atoms with Crippen molar-refractivity contribution in [2.75, 3.05) is 9.91 Å². The summed E-state index contributed by atoms with van der Waals surface area (Å²) in [6, 6.07) is 7.68. The molecule has 0 atom stereocenters. The van der Waals surface area contributed by atoms with Crippen molar-refractivity contribution >= 4 is 75.6 Å². The third kappa shape index (κ3) is 11.4. The van der Waals surface area contributed by atoms with E-state index in [0.717, 1.165) is 29.8 Å². The van der Waals surface area contributed by atoms with Gasteiger partial charge < -0.3 is 5.73 Å². The van der Waals surface area contributed by atoms with Crippen molar-refractivity contribution in [2.45, 2.75) is 122 Å². The van der Waals surface area contributed by atoms with Crippen molar-refractivity contribution in [3.8, 4) is 0 Å². The number of hydrazone groups is 1. The quantitative estimate of drug-likeness (QED) is 0.150. The van der Waals surface area contributed by atoms with Gasteiger partial charge in [-0.25, -0.2) is 9.69 Å². The summed E-state index contributed by atoms with van der Waals surface area (Å²) in [5.41, 5.74) is 7.37. The van der Waals surface area contributed by atoms with Gasteiger partial charge in [-0.2, -0.15) is 10.1 Å². The van der Waals surface area contributed by atoms with Crippen LogP contribution in [-0.2, 0) is 11.2 Å². The fourth-order valence-electron chi connectivity index (χ4n) is 5.60. The van der Waals surface area contributed by atoms with Crippen LogP contribution in [0.3, 0.4) is 0 Å². The van der Waals surface area contributed by atoms with Crippen molar-refractivity contribution < 1.29 is 9.59 Å². The molecule has 3 rings (SSSR count). The van der Waals surface area contributed by atoms with Crippen LogP contribution >= 0.6 is 46.4 Å². The van der Waals surface area contributed by atoms with Crippen molar-refractivity contribution in [2.24, 2.45) is 10.8 Å². The Morgan fingerprint density at radius 1 is 0.773 bits per heavy atom. The fraction of sp³-hybridized carbons (Fsp3) is 0.559. The van der Waals surface area contributed by atoms with Crippen LogP contribution in [0.2, 0.25) is 20.1 Å². The van der Waals surface area contributed by atoms with Crippen molar-refractivity contribution in [1.29, 1.82) is 0 Å². The Morgan fingerprint density at radius 2 is 1.27 bits per heavy atom. The minimum atomic E-state index is -0.798. The van der Waals surface area contributed by atoms with Crippen LogP contribution in [0.15, 0.2) is 35.4 Å². The van der Waals surface area contributed by atoms with E-state index in [2.05, 4.69) is 12.0 Å². The molecule has 0 saturated heterocycles. The van der Waals surface area contributed by atoms with Gasteiger partial charge in [0.2, 0.25) is 0 Å². The molecule has 0 fully saturated rings. The van der Waals surface area contributed by atoms with Crippen LogP contribution in [0.5, 0.6) is 0 Å². The van der Waals surface area contributed by atoms with Gasteiger partial charge in [-0.1, -0.05) is 156 Å². The Hall–Kier alpha value is -1.99. The summed E-state index contributed by atoms with van der Waals surface area (Å²) in [6.07, 6.45) is 21.8. The number of anilines is 2. The summed E-state index contributed by atoms with van der Waals surface area (Å²) < 4.78 is 0. The van der Waals surface area contributed by atoms with Crippen LogP contribution in [0, 0.1) is 0 Å². The first-order chi connectivity index (χ1) is 21.2. The Labute approximate surface area is 283 Å². The van der Waals surface area contributed by atoms with E-state index >= 15 is 0 Å². The highest BCUT2D eigenvalue weighted by atomic mass is 35.5. The molecule has 1 aliphatic rings. The number of hydrogen-bond donors (Lipinski definition) is 1. The molecular weight excluding hydrogens is 638 g/mol. The molecule has 3 amide bonds. The van der Waals surface area contributed by atoms with Crippen LogP contribution < -0.4 is 15.6 Å². The molecule has 0 bridgehead atoms. The summed E-state index contributed by atoms with van der Waals surface area (Å²) in [7, 11) is 0. The monoisotopic (exact) mass is 682 g/mol. The van der Waals surface area contributed by atoms with E-state index in [1.807, 2.05) is 12.1 Å². The fourth-order valence-corrected chi connectivity index (χ4v) is 6.78. The lowest BCUT2D eigenvalue weighted by Gasteiger charge is -2.21. The summed E-state index contributed by atoms with van der Waals surface area (Å²) in [5.74, 6) is -0.288. The second-order valence-corrected chi connectivity index (χ2v) is 13.3. The number of carbonyl (C=O) groups is 2. The molecule has 10 heteroatoms. The molecule has 0 saturated carbocycles. The Kier molecular flexibility index (Phi) is 16.2. The van der Waals surface area contributed by atoms with Gasteiger partial charge in [0.25, 0.3) is 5.91 Å². The minimum Gasteiger partial charge on any atom is -0.351 e. The first kappa shape index (κ1) is 36.5. The lowest BCUT2D eigenvalue weighted by atomic mass is 10.0. The molecule has 6 nitrogen and oxygen atoms in total. The molecule has 0 unspecified atom stereocenters. The van der Waals surface area contributed by atoms with E-state index in [1.165, 1.54) is 107 Å². The van der Waals surface area contributed by atoms with Crippen LogP contribution in [0.25, 0.3) is 0 Å². The number of rotatable bonds is 19. The summed E-state index contributed by atoms with van der Waals surface area (Å²) in [5, 5.41) is 6.40. The predicted octanol–water partition coefficient (Wildman–Crippen LogP) is 11.7. The van der Waals surface area contributed by atoms with Crippen LogP contribution in [0.1, 0.15) is 122 Å². The highest BCUT2D eigenvalue weighted by Crippen LogP contribution is 2.39. The number of hydrogen-bond acceptors (Lipinski definition) is 3. The molecular formula is C34H46Cl4N4O2. The van der Waals surface area contributed by atoms with E-state index in [9.17, 15) is 9.59 Å². The summed E-state index contributed by atoms with van der Waals surface area (Å²) >= 11 is 25.2. The maximum Gasteiger partial charge on any atom is 0.324 e. The van der Waals surface area contributed by atoms with Gasteiger partial charge in [-0.15, -0.1) is 0 Å². The zero-order chi connectivity index (χ0) is 31.9. The van der Waals surface area contributed by atoms with E-state index in [1.54, 1.807) is 6.07 Å². The third-order valence-corrected chi connectivity index (χ3v) is 9.12. The van der Waals surface area contributed by atoms with Crippen molar-refractivity contribution in [3.63, 3.8) is 0 Å². The number of urea groups is 1. The summed E-state index contributed by atoms with van der Waals surface area (Å²) in [6.45, 7) is 2.27. The van der Waals surface area contributed by atoms with Gasteiger partial charge in [0.15, 0.2) is 0 Å². The number of halogens is 4. The molecule has 1 aliphatic heterocycles. The minimum absolute atomic E-state index is 0.131. The molecule has 0 aliphatic carbocycles. The summed E-state index contributed by atoms with van der Waals surface area (Å²) in [4.78, 5) is 26.7. The molecule has 242 valence electrons. The average Bonchev–Trinajstić information content (AvgIpc) is 3.33. The number of nitrogens with zero attached hydrogens (tertiary/aromatic N) is 3. The van der Waals surface area contributed by atoms with Crippen molar-refractivity contribution in [3.05, 3.63) is 56.0 Å². The number of nitrogens with two attached hydrogens (primary N) is 1. The molecule has 0 spiro atoms. The SMILES string of the molecule is CCCCCCCCCCCCCCCCCCc1ccc(Cl)c(N(C(N)=O)C2=NN(c3c(Cl)cc(Cl)cc3Cl)C(=O)C2)c1. The average molecular weight is 685 g/mol. The number of carbonyl (C=O) groups excluding carboxylic acids is 2. The van der Waals surface area contributed by atoms with E-state index in [4.69, 9.17) is 52.1 Å². The molecule has 2 N–H and O–H groups in total. The smallest absolute Gasteiger partial charge is 0.324 e. The molecule has 0 radical (unpaired) electrons. The molecule has 44 heavy (non-hydrogen) atoms. The lowest BCUT2D eigenvalue weighted by molar-refractivity contribution is -0.116. The second kappa shape index (κ2) is 19.5. The molecule has 1 heterocycles. The normalized spacial score (nSPS) is 13.1. The lowest BCUT2D eigenvalue weighted by Crippen LogP contribution is -2.40. The van der Waals surface area contributed by atoms with Gasteiger partial charge in [-0.05, 0) is 42.7 Å². The first-order valence-electron chi connectivity index (χ1n) is 16.2. The maximum atomic E-state index is 12.9. The number of benzene rings is 2. The van der Waals surface area contributed by atoms with E-state index < -0.39 is 11.9 Å². The van der Waals surface area contributed by atoms with Gasteiger partial charge in [-0.3, -0.25) is 4.79 Å².